The van der Waals surface area contributed by atoms with E-state index in [-0.39, 0.29) is 5.82 Å². The molecule has 0 radical (unpaired) electrons. The number of allylic oxidation sites excluding steroid dienone is 1. The molecule has 2 nitrogen and oxygen atoms in total. The average Bonchev–Trinajstić information content (AvgIpc) is 2.69. The van der Waals surface area contributed by atoms with Crippen LogP contribution in [0.5, 0.6) is 0 Å². The van der Waals surface area contributed by atoms with Gasteiger partial charge in [-0.05, 0) is 30.5 Å². The van der Waals surface area contributed by atoms with Crippen LogP contribution in [-0.2, 0) is 0 Å². The molecule has 0 amide bonds. The van der Waals surface area contributed by atoms with Gasteiger partial charge in [-0.3, -0.25) is 0 Å². The average molecular weight is 232 g/mol. The highest BCUT2D eigenvalue weighted by Gasteiger charge is 2.07. The van der Waals surface area contributed by atoms with Gasteiger partial charge < -0.3 is 5.73 Å². The maximum Gasteiger partial charge on any atom is 0.124 e. The number of rotatable bonds is 1. The van der Waals surface area contributed by atoms with E-state index < -0.39 is 0 Å². The van der Waals surface area contributed by atoms with E-state index in [1.165, 1.54) is 23.5 Å². The highest BCUT2D eigenvalue weighted by atomic mass is 32.1. The second-order valence-corrected chi connectivity index (χ2v) is 4.53. The van der Waals surface area contributed by atoms with Gasteiger partial charge in [0.1, 0.15) is 5.82 Å². The van der Waals surface area contributed by atoms with E-state index in [0.29, 0.717) is 11.3 Å². The molecule has 4 heteroatoms. The second kappa shape index (κ2) is 3.95. The first-order valence-electron chi connectivity index (χ1n) is 4.67. The molecule has 0 saturated carbocycles. The highest BCUT2D eigenvalue weighted by molar-refractivity contribution is 7.20. The summed E-state index contributed by atoms with van der Waals surface area (Å²) >= 11 is 1.39. The Balaban J connectivity index is 2.61. The van der Waals surface area contributed by atoms with Crippen LogP contribution in [0.15, 0.2) is 29.8 Å². The minimum atomic E-state index is -0.263. The molecule has 0 saturated heterocycles. The topological polar surface area (TPSA) is 49.8 Å². The normalized spacial score (nSPS) is 12.3. The monoisotopic (exact) mass is 232 g/mol. The van der Waals surface area contributed by atoms with Gasteiger partial charge in [0.15, 0.2) is 0 Å². The molecule has 0 aliphatic heterocycles. The van der Waals surface area contributed by atoms with Crippen LogP contribution >= 0.6 is 11.3 Å². The fourth-order valence-electron chi connectivity index (χ4n) is 1.38. The quantitative estimate of drug-likeness (QED) is 0.767. The third-order valence-corrected chi connectivity index (χ3v) is 3.45. The third kappa shape index (κ3) is 1.77. The van der Waals surface area contributed by atoms with Gasteiger partial charge in [0.05, 0.1) is 22.2 Å². The Labute approximate surface area is 96.4 Å². The van der Waals surface area contributed by atoms with E-state index in [4.69, 9.17) is 11.0 Å². The first-order chi connectivity index (χ1) is 7.61. The summed E-state index contributed by atoms with van der Waals surface area (Å²) in [6.45, 7) is 1.67. The van der Waals surface area contributed by atoms with Crippen molar-refractivity contribution in [2.24, 2.45) is 5.73 Å². The van der Waals surface area contributed by atoms with Gasteiger partial charge in [0.25, 0.3) is 0 Å². The van der Waals surface area contributed by atoms with Crippen molar-refractivity contribution in [2.75, 3.05) is 0 Å². The summed E-state index contributed by atoms with van der Waals surface area (Å²) in [5.74, 6) is -0.263. The Hall–Kier alpha value is -1.86. The Morgan fingerprint density at radius 3 is 2.88 bits per heavy atom. The SMILES string of the molecule is C/C(C#N)=C(/N)c1cc2ccc(F)cc2s1. The Bertz CT molecular complexity index is 619. The summed E-state index contributed by atoms with van der Waals surface area (Å²) in [5, 5.41) is 9.68. The van der Waals surface area contributed by atoms with Crippen LogP contribution in [0.1, 0.15) is 11.8 Å². The molecule has 0 fully saturated rings. The van der Waals surface area contributed by atoms with E-state index in [2.05, 4.69) is 0 Å². The van der Waals surface area contributed by atoms with Crippen molar-refractivity contribution in [3.8, 4) is 6.07 Å². The lowest BCUT2D eigenvalue weighted by atomic mass is 10.2. The van der Waals surface area contributed by atoms with E-state index in [0.717, 1.165) is 15.0 Å². The number of nitriles is 1. The number of nitrogens with two attached hydrogens (primary N) is 1. The summed E-state index contributed by atoms with van der Waals surface area (Å²) in [4.78, 5) is 0.805. The third-order valence-electron chi connectivity index (χ3n) is 2.32. The van der Waals surface area contributed by atoms with Gasteiger partial charge >= 0.3 is 0 Å². The number of thiophene rings is 1. The van der Waals surface area contributed by atoms with Crippen LogP contribution in [0, 0.1) is 17.1 Å². The highest BCUT2D eigenvalue weighted by Crippen LogP contribution is 2.30. The molecule has 0 atom stereocenters. The molecule has 1 aromatic carbocycles. The van der Waals surface area contributed by atoms with E-state index in [1.54, 1.807) is 13.0 Å². The summed E-state index contributed by atoms with van der Waals surface area (Å²) in [6.07, 6.45) is 0. The lowest BCUT2D eigenvalue weighted by molar-refractivity contribution is 0.630. The van der Waals surface area contributed by atoms with Crippen molar-refractivity contribution in [3.63, 3.8) is 0 Å². The fourth-order valence-corrected chi connectivity index (χ4v) is 2.48. The zero-order valence-corrected chi connectivity index (χ0v) is 9.44. The maximum absolute atomic E-state index is 13.0. The smallest absolute Gasteiger partial charge is 0.124 e. The summed E-state index contributed by atoms with van der Waals surface area (Å²) < 4.78 is 13.8. The minimum absolute atomic E-state index is 0.263. The molecule has 1 heterocycles. The number of fused-ring (bicyclic) bond motifs is 1. The van der Waals surface area contributed by atoms with Gasteiger partial charge in [-0.25, -0.2) is 4.39 Å². The predicted octanol–water partition coefficient (Wildman–Crippen LogP) is 3.25. The molecular weight excluding hydrogens is 223 g/mol. The van der Waals surface area contributed by atoms with Crippen molar-refractivity contribution >= 4 is 27.1 Å². The molecule has 0 spiro atoms. The molecule has 0 bridgehead atoms. The molecule has 80 valence electrons. The molecule has 0 unspecified atom stereocenters. The minimum Gasteiger partial charge on any atom is -0.397 e. The molecule has 16 heavy (non-hydrogen) atoms. The Morgan fingerprint density at radius 1 is 1.44 bits per heavy atom. The summed E-state index contributed by atoms with van der Waals surface area (Å²) in [7, 11) is 0. The van der Waals surface area contributed by atoms with Crippen molar-refractivity contribution in [2.45, 2.75) is 6.92 Å². The van der Waals surface area contributed by atoms with Crippen LogP contribution < -0.4 is 5.73 Å². The molecular formula is C12H9FN2S. The van der Waals surface area contributed by atoms with Crippen molar-refractivity contribution in [1.29, 1.82) is 5.26 Å². The molecule has 2 aromatic rings. The van der Waals surface area contributed by atoms with E-state index >= 15 is 0 Å². The van der Waals surface area contributed by atoms with E-state index in [1.807, 2.05) is 12.1 Å². The van der Waals surface area contributed by atoms with Crippen LogP contribution in [-0.4, -0.2) is 0 Å². The number of benzene rings is 1. The largest absolute Gasteiger partial charge is 0.397 e. The maximum atomic E-state index is 13.0. The van der Waals surface area contributed by atoms with Crippen LogP contribution in [0.3, 0.4) is 0 Å². The molecule has 2 rings (SSSR count). The molecule has 2 N–H and O–H groups in total. The van der Waals surface area contributed by atoms with Crippen LogP contribution in [0.2, 0.25) is 0 Å². The van der Waals surface area contributed by atoms with Gasteiger partial charge in [0.2, 0.25) is 0 Å². The van der Waals surface area contributed by atoms with Crippen LogP contribution in [0.25, 0.3) is 15.8 Å². The van der Waals surface area contributed by atoms with Gasteiger partial charge in [-0.15, -0.1) is 11.3 Å². The zero-order valence-electron chi connectivity index (χ0n) is 8.62. The van der Waals surface area contributed by atoms with Crippen molar-refractivity contribution in [3.05, 3.63) is 40.5 Å². The summed E-state index contributed by atoms with van der Waals surface area (Å²) in [6, 6.07) is 8.47. The fraction of sp³-hybridized carbons (Fsp3) is 0.0833. The summed E-state index contributed by atoms with van der Waals surface area (Å²) in [5.41, 5.74) is 6.77. The van der Waals surface area contributed by atoms with Crippen molar-refractivity contribution in [1.82, 2.24) is 0 Å². The standard InChI is InChI=1S/C12H9FN2S/c1-7(6-14)12(15)11-4-8-2-3-9(13)5-10(8)16-11/h2-5H,15H2,1H3/b12-7-. The predicted molar refractivity (Wildman–Crippen MR) is 64.2 cm³/mol. The van der Waals surface area contributed by atoms with Gasteiger partial charge in [0, 0.05) is 4.70 Å². The van der Waals surface area contributed by atoms with E-state index in [9.17, 15) is 4.39 Å². The first-order valence-corrected chi connectivity index (χ1v) is 5.49. The number of halogens is 1. The van der Waals surface area contributed by atoms with Gasteiger partial charge in [-0.2, -0.15) is 5.26 Å². The lowest BCUT2D eigenvalue weighted by Gasteiger charge is -1.96. The van der Waals surface area contributed by atoms with Gasteiger partial charge in [-0.1, -0.05) is 6.07 Å². The lowest BCUT2D eigenvalue weighted by Crippen LogP contribution is -1.96. The number of nitrogens with zero attached hydrogens (tertiary/aromatic N) is 1. The molecule has 0 aliphatic rings. The number of hydrogen-bond acceptors (Lipinski definition) is 3. The van der Waals surface area contributed by atoms with Crippen LogP contribution in [0.4, 0.5) is 4.39 Å². The molecule has 0 aliphatic carbocycles. The zero-order chi connectivity index (χ0) is 11.7. The Morgan fingerprint density at radius 2 is 2.19 bits per heavy atom. The molecule has 1 aromatic heterocycles. The second-order valence-electron chi connectivity index (χ2n) is 3.44. The first kappa shape index (κ1) is 10.7. The number of hydrogen-bond donors (Lipinski definition) is 1. The Kier molecular flexibility index (Phi) is 2.63. The van der Waals surface area contributed by atoms with Crippen molar-refractivity contribution < 1.29 is 4.39 Å².